The van der Waals surface area contributed by atoms with E-state index in [2.05, 4.69) is 4.98 Å². The number of ether oxygens (including phenoxy) is 1. The molecule has 45 heavy (non-hydrogen) atoms. The summed E-state index contributed by atoms with van der Waals surface area (Å²) >= 11 is 2.80. The number of likely N-dealkylation sites (tertiary alicyclic amines) is 1. The Balaban J connectivity index is 1.10. The Morgan fingerprint density at radius 2 is 1.73 bits per heavy atom. The van der Waals surface area contributed by atoms with Crippen LogP contribution in [0.2, 0.25) is 0 Å². The second kappa shape index (κ2) is 10.8. The summed E-state index contributed by atoms with van der Waals surface area (Å²) in [4.78, 5) is 70.7. The molecule has 4 fully saturated rings. The highest BCUT2D eigenvalue weighted by Gasteiger charge is 2.69. The number of H-pyrrole nitrogens is 1. The number of carbonyl (C=O) groups is 3. The first-order chi connectivity index (χ1) is 21.8. The van der Waals surface area contributed by atoms with Gasteiger partial charge in [0, 0.05) is 41.3 Å². The number of rotatable bonds is 6. The lowest BCUT2D eigenvalue weighted by molar-refractivity contribution is -0.384. The van der Waals surface area contributed by atoms with E-state index in [1.165, 1.54) is 40.5 Å². The molecule has 2 aromatic carbocycles. The summed E-state index contributed by atoms with van der Waals surface area (Å²) in [5.74, 6) is -1.18. The molecule has 5 aliphatic rings. The Labute approximate surface area is 266 Å². The number of hydrogen-bond donors (Lipinski definition) is 1. The van der Waals surface area contributed by atoms with Gasteiger partial charge in [0.25, 0.3) is 11.6 Å². The number of fused-ring (bicyclic) bond motifs is 9. The molecule has 8 rings (SSSR count). The van der Waals surface area contributed by atoms with Gasteiger partial charge in [-0.2, -0.15) is 0 Å². The number of nitro benzene ring substituents is 1. The lowest BCUT2D eigenvalue weighted by atomic mass is 9.68. The number of aromatic amines is 1. The number of thioether (sulfide) groups is 1. The number of hydrogen-bond acceptors (Lipinski definition) is 9. The van der Waals surface area contributed by atoms with E-state index in [1.807, 2.05) is 29.2 Å². The average molecular weight is 647 g/mol. The van der Waals surface area contributed by atoms with Gasteiger partial charge in [0.1, 0.15) is 5.75 Å². The Bertz CT molecular complexity index is 1780. The molecule has 0 radical (unpaired) electrons. The number of nitro groups is 1. The number of thiazole rings is 1. The van der Waals surface area contributed by atoms with Crippen LogP contribution in [0.5, 0.6) is 5.75 Å². The standard InChI is InChI=1S/C32H30N4O7S2/c37-22(34-11-2-1-3-12-34)15-43-19-6-4-5-16(13-19)23-24-20-14-21(27(24)44-29-28(23)45-32(40)33-29)26-25(20)30(38)35(31(26)39)17-7-9-18(10-8-17)36(41)42/h4-10,13,20-21,23-27H,1-3,11-12,14-15H2,(H,33,40)/t20-,21-,23-,24?,25?,26?,27?/m1/s1. The number of nitrogens with zero attached hydrogens (tertiary/aromatic N) is 3. The van der Waals surface area contributed by atoms with E-state index in [4.69, 9.17) is 4.74 Å². The molecule has 2 saturated heterocycles. The van der Waals surface area contributed by atoms with Gasteiger partial charge in [0.2, 0.25) is 11.8 Å². The lowest BCUT2D eigenvalue weighted by Gasteiger charge is -2.43. The molecule has 1 N–H and O–H groups in total. The summed E-state index contributed by atoms with van der Waals surface area (Å²) < 4.78 is 6.00. The summed E-state index contributed by atoms with van der Waals surface area (Å²) in [5.41, 5.74) is 1.20. The second-order valence-electron chi connectivity index (χ2n) is 12.5. The Morgan fingerprint density at radius 3 is 2.47 bits per heavy atom. The van der Waals surface area contributed by atoms with Crippen molar-refractivity contribution in [1.82, 2.24) is 9.88 Å². The van der Waals surface area contributed by atoms with Gasteiger partial charge in [0.05, 0.1) is 27.5 Å². The Morgan fingerprint density at radius 1 is 1.00 bits per heavy atom. The number of benzene rings is 2. The molecule has 4 heterocycles. The third-order valence-electron chi connectivity index (χ3n) is 10.3. The fourth-order valence-corrected chi connectivity index (χ4v) is 11.4. The molecule has 2 bridgehead atoms. The van der Waals surface area contributed by atoms with Gasteiger partial charge in [-0.15, -0.1) is 11.8 Å². The third kappa shape index (κ3) is 4.53. The van der Waals surface area contributed by atoms with Crippen molar-refractivity contribution in [2.24, 2.45) is 29.6 Å². The van der Waals surface area contributed by atoms with E-state index >= 15 is 0 Å². The molecule has 2 saturated carbocycles. The van der Waals surface area contributed by atoms with Gasteiger partial charge in [-0.25, -0.2) is 0 Å². The zero-order valence-corrected chi connectivity index (χ0v) is 25.8. The molecule has 0 spiro atoms. The fraction of sp³-hybridized carbons (Fsp3) is 0.438. The maximum Gasteiger partial charge on any atom is 0.305 e. The highest BCUT2D eigenvalue weighted by molar-refractivity contribution is 8.00. The minimum absolute atomic E-state index is 0.0130. The van der Waals surface area contributed by atoms with Crippen LogP contribution in [0.1, 0.15) is 42.0 Å². The van der Waals surface area contributed by atoms with E-state index in [0.717, 1.165) is 54.2 Å². The van der Waals surface area contributed by atoms with Crippen LogP contribution < -0.4 is 14.5 Å². The molecule has 1 aromatic heterocycles. The predicted octanol–water partition coefficient (Wildman–Crippen LogP) is 4.41. The van der Waals surface area contributed by atoms with Crippen molar-refractivity contribution < 1.29 is 24.0 Å². The van der Waals surface area contributed by atoms with Gasteiger partial charge >= 0.3 is 4.87 Å². The van der Waals surface area contributed by atoms with Crippen molar-refractivity contribution in [3.05, 3.63) is 78.8 Å². The minimum Gasteiger partial charge on any atom is -0.484 e. The monoisotopic (exact) mass is 646 g/mol. The van der Waals surface area contributed by atoms with Crippen molar-refractivity contribution in [2.45, 2.75) is 41.9 Å². The van der Waals surface area contributed by atoms with Crippen molar-refractivity contribution in [3.8, 4) is 5.75 Å². The molecule has 7 atom stereocenters. The predicted molar refractivity (Wildman–Crippen MR) is 166 cm³/mol. The molecular weight excluding hydrogens is 617 g/mol. The number of piperidine rings is 1. The highest BCUT2D eigenvalue weighted by atomic mass is 32.2. The van der Waals surface area contributed by atoms with Crippen molar-refractivity contribution in [2.75, 3.05) is 24.6 Å². The molecule has 11 nitrogen and oxygen atoms in total. The molecule has 3 amide bonds. The van der Waals surface area contributed by atoms with E-state index in [0.29, 0.717) is 11.4 Å². The van der Waals surface area contributed by atoms with Crippen molar-refractivity contribution >= 4 is 52.2 Å². The van der Waals surface area contributed by atoms with Gasteiger partial charge in [-0.05, 0) is 73.3 Å². The van der Waals surface area contributed by atoms with Crippen LogP contribution in [0.25, 0.3) is 0 Å². The first-order valence-corrected chi connectivity index (χ1v) is 17.0. The first kappa shape index (κ1) is 28.5. The Hall–Kier alpha value is -3.97. The lowest BCUT2D eigenvalue weighted by Crippen LogP contribution is -2.42. The maximum absolute atomic E-state index is 14.0. The molecule has 13 heteroatoms. The van der Waals surface area contributed by atoms with E-state index in [-0.39, 0.29) is 63.8 Å². The normalized spacial score (nSPS) is 29.8. The van der Waals surface area contributed by atoms with Gasteiger partial charge in [-0.3, -0.25) is 34.2 Å². The van der Waals surface area contributed by atoms with Gasteiger partial charge in [-0.1, -0.05) is 23.5 Å². The number of aromatic nitrogens is 1. The number of imide groups is 1. The molecule has 4 unspecified atom stereocenters. The fourth-order valence-electron chi connectivity index (χ4n) is 8.55. The van der Waals surface area contributed by atoms with Crippen LogP contribution in [-0.4, -0.2) is 57.5 Å². The molecular formula is C32H30N4O7S2. The van der Waals surface area contributed by atoms with Crippen LogP contribution in [-0.2, 0) is 14.4 Å². The number of nitrogens with one attached hydrogen (secondary N) is 1. The van der Waals surface area contributed by atoms with E-state index in [1.54, 1.807) is 11.8 Å². The summed E-state index contributed by atoms with van der Waals surface area (Å²) in [6.07, 6.45) is 3.91. The van der Waals surface area contributed by atoms with Crippen molar-refractivity contribution in [1.29, 1.82) is 0 Å². The van der Waals surface area contributed by atoms with Crippen LogP contribution in [0.15, 0.2) is 58.4 Å². The zero-order valence-electron chi connectivity index (χ0n) is 24.1. The number of anilines is 1. The maximum atomic E-state index is 14.0. The number of carbonyl (C=O) groups excluding carboxylic acids is 3. The third-order valence-corrected chi connectivity index (χ3v) is 12.9. The van der Waals surface area contributed by atoms with Gasteiger partial charge < -0.3 is 14.6 Å². The molecule has 2 aliphatic carbocycles. The quantitative estimate of drug-likeness (QED) is 0.236. The van der Waals surface area contributed by atoms with Crippen LogP contribution in [0.3, 0.4) is 0 Å². The van der Waals surface area contributed by atoms with Crippen LogP contribution in [0, 0.1) is 39.7 Å². The largest absolute Gasteiger partial charge is 0.484 e. The zero-order chi connectivity index (χ0) is 31.0. The molecule has 232 valence electrons. The number of non-ortho nitro benzene ring substituents is 1. The first-order valence-electron chi connectivity index (χ1n) is 15.3. The van der Waals surface area contributed by atoms with Crippen LogP contribution >= 0.6 is 23.1 Å². The van der Waals surface area contributed by atoms with E-state index in [9.17, 15) is 29.3 Å². The van der Waals surface area contributed by atoms with E-state index < -0.39 is 16.8 Å². The van der Waals surface area contributed by atoms with Crippen molar-refractivity contribution in [3.63, 3.8) is 0 Å². The summed E-state index contributed by atoms with van der Waals surface area (Å²) in [6.45, 7) is 1.48. The average Bonchev–Trinajstić information content (AvgIpc) is 3.79. The summed E-state index contributed by atoms with van der Waals surface area (Å²) in [6, 6.07) is 13.2. The highest BCUT2D eigenvalue weighted by Crippen LogP contribution is 2.68. The SMILES string of the molecule is O=C(COc1cccc([C@H]2c3sc(=O)[nH]c3SC3C2[C@H]2C[C@@H]3C3C(=O)N(c4ccc([N+](=O)[O-])cc4)C(=O)C32)c1)N1CCCCC1. The molecule has 3 aliphatic heterocycles. The smallest absolute Gasteiger partial charge is 0.305 e. The second-order valence-corrected chi connectivity index (χ2v) is 14.8. The minimum atomic E-state index is -0.510. The summed E-state index contributed by atoms with van der Waals surface area (Å²) in [7, 11) is 0. The van der Waals surface area contributed by atoms with Gasteiger partial charge in [0.15, 0.2) is 6.61 Å². The topological polar surface area (TPSA) is 143 Å². The molecule has 3 aromatic rings. The summed E-state index contributed by atoms with van der Waals surface area (Å²) in [5, 5.41) is 12.0. The Kier molecular flexibility index (Phi) is 6.86. The van der Waals surface area contributed by atoms with Crippen LogP contribution in [0.4, 0.5) is 11.4 Å². The number of amides is 3.